The highest BCUT2D eigenvalue weighted by atomic mass is 79.9. The predicted octanol–water partition coefficient (Wildman–Crippen LogP) is 5.40. The molecule has 152 valence electrons. The second kappa shape index (κ2) is 8.93. The van der Waals surface area contributed by atoms with E-state index in [1.54, 1.807) is 41.2 Å². The lowest BCUT2D eigenvalue weighted by Gasteiger charge is -2.10. The normalized spacial score (nSPS) is 11.0. The summed E-state index contributed by atoms with van der Waals surface area (Å²) in [5, 5.41) is 3.21. The molecular formula is C21H15BrF2N4OS. The first kappa shape index (κ1) is 20.5. The molecule has 0 spiro atoms. The van der Waals surface area contributed by atoms with Gasteiger partial charge in [0.15, 0.2) is 5.16 Å². The molecule has 0 radical (unpaired) electrons. The molecule has 1 amide bonds. The van der Waals surface area contributed by atoms with E-state index in [4.69, 9.17) is 0 Å². The van der Waals surface area contributed by atoms with Gasteiger partial charge < -0.3 is 9.88 Å². The molecule has 0 bridgehead atoms. The van der Waals surface area contributed by atoms with E-state index < -0.39 is 5.82 Å². The number of thioether (sulfide) groups is 1. The van der Waals surface area contributed by atoms with E-state index in [0.717, 1.165) is 5.56 Å². The Morgan fingerprint density at radius 2 is 1.93 bits per heavy atom. The number of hydrogen-bond acceptors (Lipinski definition) is 4. The molecule has 4 aromatic rings. The number of hydrogen-bond donors (Lipinski definition) is 1. The Balaban J connectivity index is 1.56. The first-order valence-electron chi connectivity index (χ1n) is 8.92. The molecule has 4 rings (SSSR count). The summed E-state index contributed by atoms with van der Waals surface area (Å²) in [4.78, 5) is 21.3. The van der Waals surface area contributed by atoms with E-state index in [0.29, 0.717) is 26.4 Å². The van der Waals surface area contributed by atoms with Gasteiger partial charge in [0.2, 0.25) is 5.91 Å². The van der Waals surface area contributed by atoms with Gasteiger partial charge >= 0.3 is 0 Å². The van der Waals surface area contributed by atoms with Crippen LogP contribution in [0.4, 0.5) is 14.5 Å². The highest BCUT2D eigenvalue weighted by Crippen LogP contribution is 2.27. The first-order valence-corrected chi connectivity index (χ1v) is 10.7. The number of pyridine rings is 1. The van der Waals surface area contributed by atoms with Crippen molar-refractivity contribution in [3.63, 3.8) is 0 Å². The van der Waals surface area contributed by atoms with Gasteiger partial charge in [-0.25, -0.2) is 13.8 Å². The van der Waals surface area contributed by atoms with Gasteiger partial charge in [-0.15, -0.1) is 0 Å². The highest BCUT2D eigenvalue weighted by molar-refractivity contribution is 9.10. The van der Waals surface area contributed by atoms with Gasteiger partial charge in [0, 0.05) is 16.4 Å². The second-order valence-electron chi connectivity index (χ2n) is 6.43. The lowest BCUT2D eigenvalue weighted by Crippen LogP contribution is -2.20. The number of nitrogens with zero attached hydrogens (tertiary/aromatic N) is 3. The highest BCUT2D eigenvalue weighted by Gasteiger charge is 2.16. The van der Waals surface area contributed by atoms with E-state index in [2.05, 4.69) is 31.2 Å². The second-order valence-corrected chi connectivity index (χ2v) is 8.29. The van der Waals surface area contributed by atoms with Crippen molar-refractivity contribution in [2.24, 2.45) is 0 Å². The van der Waals surface area contributed by atoms with Crippen molar-refractivity contribution >= 4 is 50.3 Å². The number of aromatic nitrogens is 3. The molecule has 0 aliphatic rings. The number of anilines is 1. The molecule has 1 N–H and O–H groups in total. The third kappa shape index (κ3) is 4.68. The molecule has 2 heterocycles. The lowest BCUT2D eigenvalue weighted by atomic mass is 10.2. The minimum Gasteiger partial charge on any atom is -0.322 e. The maximum absolute atomic E-state index is 14.1. The molecule has 0 saturated carbocycles. The molecule has 0 aliphatic heterocycles. The minimum atomic E-state index is -0.527. The summed E-state index contributed by atoms with van der Waals surface area (Å²) in [6.45, 7) is -0.0521. The van der Waals surface area contributed by atoms with Gasteiger partial charge in [0.25, 0.3) is 0 Å². The van der Waals surface area contributed by atoms with Crippen molar-refractivity contribution in [3.05, 3.63) is 82.6 Å². The molecule has 0 aliphatic carbocycles. The van der Waals surface area contributed by atoms with Crippen LogP contribution in [0, 0.1) is 11.6 Å². The van der Waals surface area contributed by atoms with E-state index in [-0.39, 0.29) is 24.0 Å². The Hall–Kier alpha value is -2.78. The van der Waals surface area contributed by atoms with Crippen molar-refractivity contribution < 1.29 is 13.6 Å². The largest absolute Gasteiger partial charge is 0.322 e. The Morgan fingerprint density at radius 3 is 2.70 bits per heavy atom. The molecule has 0 atom stereocenters. The standard InChI is InChI=1S/C21H15BrF2N4OS/c22-14-3-6-17(16(24)9-14)26-20(29)11-28-19-10-25-8-7-18(19)27-21(28)30-12-13-1-4-15(23)5-2-13/h1-10H,11-12H2,(H,26,29). The molecule has 2 aromatic carbocycles. The zero-order valence-electron chi connectivity index (χ0n) is 15.5. The molecule has 30 heavy (non-hydrogen) atoms. The van der Waals surface area contributed by atoms with Crippen LogP contribution in [0.25, 0.3) is 11.0 Å². The van der Waals surface area contributed by atoms with Gasteiger partial charge in [-0.3, -0.25) is 9.78 Å². The van der Waals surface area contributed by atoms with Crippen LogP contribution < -0.4 is 5.32 Å². The fraction of sp³-hybridized carbons (Fsp3) is 0.0952. The van der Waals surface area contributed by atoms with Gasteiger partial charge in [-0.2, -0.15) is 0 Å². The summed E-state index contributed by atoms with van der Waals surface area (Å²) in [6, 6.07) is 12.4. The quantitative estimate of drug-likeness (QED) is 0.369. The minimum absolute atomic E-state index is 0.0521. The van der Waals surface area contributed by atoms with E-state index in [9.17, 15) is 13.6 Å². The van der Waals surface area contributed by atoms with Gasteiger partial charge in [-0.1, -0.05) is 39.8 Å². The number of fused-ring (bicyclic) bond motifs is 1. The van der Waals surface area contributed by atoms with E-state index in [1.807, 2.05) is 0 Å². The summed E-state index contributed by atoms with van der Waals surface area (Å²) in [5.74, 6) is -0.650. The average molecular weight is 489 g/mol. The van der Waals surface area contributed by atoms with Crippen LogP contribution in [-0.2, 0) is 17.1 Å². The van der Waals surface area contributed by atoms with Crippen LogP contribution in [0.2, 0.25) is 0 Å². The van der Waals surface area contributed by atoms with Gasteiger partial charge in [0.1, 0.15) is 18.2 Å². The number of nitrogens with one attached hydrogen (secondary N) is 1. The van der Waals surface area contributed by atoms with Gasteiger partial charge in [-0.05, 0) is 42.0 Å². The monoisotopic (exact) mass is 488 g/mol. The van der Waals surface area contributed by atoms with Crippen molar-refractivity contribution in [3.8, 4) is 0 Å². The Labute approximate surface area is 183 Å². The third-order valence-electron chi connectivity index (χ3n) is 4.30. The van der Waals surface area contributed by atoms with Crippen molar-refractivity contribution in [1.82, 2.24) is 14.5 Å². The molecule has 0 fully saturated rings. The van der Waals surface area contributed by atoms with Crippen LogP contribution in [0.15, 0.2) is 70.6 Å². The fourth-order valence-electron chi connectivity index (χ4n) is 2.86. The number of imidazole rings is 1. The number of carbonyl (C=O) groups excluding carboxylic acids is 1. The molecule has 0 unspecified atom stereocenters. The van der Waals surface area contributed by atoms with E-state index in [1.165, 1.54) is 36.0 Å². The molecule has 0 saturated heterocycles. The smallest absolute Gasteiger partial charge is 0.244 e. The first-order chi connectivity index (χ1) is 14.5. The Bertz CT molecular complexity index is 1210. The number of rotatable bonds is 6. The number of amides is 1. The van der Waals surface area contributed by atoms with Crippen molar-refractivity contribution in [2.75, 3.05) is 5.32 Å². The maximum Gasteiger partial charge on any atom is 0.244 e. The van der Waals surface area contributed by atoms with Crippen LogP contribution in [0.3, 0.4) is 0 Å². The Morgan fingerprint density at radius 1 is 1.13 bits per heavy atom. The SMILES string of the molecule is O=C(Cn1c(SCc2ccc(F)cc2)nc2ccncc21)Nc1ccc(Br)cc1F. The molecule has 5 nitrogen and oxygen atoms in total. The zero-order chi connectivity index (χ0) is 21.1. The summed E-state index contributed by atoms with van der Waals surface area (Å²) < 4.78 is 29.5. The maximum atomic E-state index is 14.1. The fourth-order valence-corrected chi connectivity index (χ4v) is 4.17. The van der Waals surface area contributed by atoms with E-state index >= 15 is 0 Å². The van der Waals surface area contributed by atoms with Crippen LogP contribution >= 0.6 is 27.7 Å². The lowest BCUT2D eigenvalue weighted by molar-refractivity contribution is -0.116. The summed E-state index contributed by atoms with van der Waals surface area (Å²) in [5.41, 5.74) is 2.44. The molecule has 2 aromatic heterocycles. The van der Waals surface area contributed by atoms with Crippen molar-refractivity contribution in [1.29, 1.82) is 0 Å². The predicted molar refractivity (Wildman–Crippen MR) is 116 cm³/mol. The third-order valence-corrected chi connectivity index (χ3v) is 5.84. The number of carbonyl (C=O) groups is 1. The topological polar surface area (TPSA) is 59.8 Å². The Kier molecular flexibility index (Phi) is 6.10. The summed E-state index contributed by atoms with van der Waals surface area (Å²) in [7, 11) is 0. The molecule has 9 heteroatoms. The number of benzene rings is 2. The molecular weight excluding hydrogens is 474 g/mol. The van der Waals surface area contributed by atoms with Crippen LogP contribution in [0.5, 0.6) is 0 Å². The van der Waals surface area contributed by atoms with Crippen molar-refractivity contribution in [2.45, 2.75) is 17.5 Å². The summed E-state index contributed by atoms with van der Waals surface area (Å²) >= 11 is 4.62. The zero-order valence-corrected chi connectivity index (χ0v) is 17.9. The van der Waals surface area contributed by atoms with Crippen LogP contribution in [-0.4, -0.2) is 20.4 Å². The van der Waals surface area contributed by atoms with Crippen LogP contribution in [0.1, 0.15) is 5.56 Å². The van der Waals surface area contributed by atoms with Gasteiger partial charge in [0.05, 0.1) is 22.9 Å². The number of halogens is 3. The summed E-state index contributed by atoms with van der Waals surface area (Å²) in [6.07, 6.45) is 3.27. The average Bonchev–Trinajstić information content (AvgIpc) is 3.07.